The van der Waals surface area contributed by atoms with E-state index in [1.54, 1.807) is 6.20 Å². The van der Waals surface area contributed by atoms with Gasteiger partial charge in [-0.1, -0.05) is 26.7 Å². The molecule has 0 bridgehead atoms. The zero-order chi connectivity index (χ0) is 14.5. The molecule has 1 aromatic rings. The summed E-state index contributed by atoms with van der Waals surface area (Å²) < 4.78 is 0.651. The molecule has 0 aliphatic heterocycles. The molecular weight excluding hydrogens is 316 g/mol. The van der Waals surface area contributed by atoms with Gasteiger partial charge in [0.25, 0.3) is 5.91 Å². The summed E-state index contributed by atoms with van der Waals surface area (Å²) in [5, 5.41) is 0. The van der Waals surface area contributed by atoms with E-state index >= 15 is 0 Å². The Kier molecular flexibility index (Phi) is 5.58. The standard InChI is InChI=1S/C16H23BrN2O/c1-12(2)9-11-19(13-6-3-4-7-13)16(20)14-8-5-10-18-15(14)17/h5,8,10,12-13H,3-4,6-7,9,11H2,1-2H3. The Morgan fingerprint density at radius 1 is 1.45 bits per heavy atom. The van der Waals surface area contributed by atoms with E-state index < -0.39 is 0 Å². The molecule has 1 saturated carbocycles. The third-order valence-corrected chi connectivity index (χ3v) is 4.60. The maximum atomic E-state index is 12.8. The Bertz CT molecular complexity index is 456. The van der Waals surface area contributed by atoms with Crippen LogP contribution in [0.4, 0.5) is 0 Å². The van der Waals surface area contributed by atoms with Crippen LogP contribution in [0.3, 0.4) is 0 Å². The van der Waals surface area contributed by atoms with Gasteiger partial charge in [-0.15, -0.1) is 0 Å². The van der Waals surface area contributed by atoms with Crippen molar-refractivity contribution in [1.82, 2.24) is 9.88 Å². The maximum absolute atomic E-state index is 12.8. The van der Waals surface area contributed by atoms with E-state index in [0.717, 1.165) is 25.8 Å². The van der Waals surface area contributed by atoms with Crippen molar-refractivity contribution in [1.29, 1.82) is 0 Å². The summed E-state index contributed by atoms with van der Waals surface area (Å²) in [4.78, 5) is 19.1. The zero-order valence-electron chi connectivity index (χ0n) is 12.3. The van der Waals surface area contributed by atoms with Crippen LogP contribution >= 0.6 is 15.9 Å². The molecule has 1 fully saturated rings. The first kappa shape index (κ1) is 15.5. The third-order valence-electron chi connectivity index (χ3n) is 3.96. The second-order valence-corrected chi connectivity index (χ2v) is 6.71. The minimum atomic E-state index is 0.123. The number of pyridine rings is 1. The normalized spacial score (nSPS) is 15.8. The van der Waals surface area contributed by atoms with Gasteiger partial charge in [-0.05, 0) is 53.2 Å². The van der Waals surface area contributed by atoms with Crippen molar-refractivity contribution in [2.75, 3.05) is 6.54 Å². The largest absolute Gasteiger partial charge is 0.336 e. The van der Waals surface area contributed by atoms with Crippen molar-refractivity contribution in [2.45, 2.75) is 52.0 Å². The molecule has 0 radical (unpaired) electrons. The Morgan fingerprint density at radius 3 is 2.75 bits per heavy atom. The van der Waals surface area contributed by atoms with Crippen molar-refractivity contribution in [2.24, 2.45) is 5.92 Å². The van der Waals surface area contributed by atoms with E-state index in [2.05, 4.69) is 39.7 Å². The summed E-state index contributed by atoms with van der Waals surface area (Å²) in [5.41, 5.74) is 0.683. The molecule has 0 unspecified atom stereocenters. The summed E-state index contributed by atoms with van der Waals surface area (Å²) in [6.45, 7) is 5.26. The summed E-state index contributed by atoms with van der Waals surface area (Å²) in [7, 11) is 0. The molecule has 0 atom stereocenters. The average molecular weight is 339 g/mol. The molecule has 0 spiro atoms. The van der Waals surface area contributed by atoms with Crippen LogP contribution in [0, 0.1) is 5.92 Å². The number of nitrogens with zero attached hydrogens (tertiary/aromatic N) is 2. The van der Waals surface area contributed by atoms with Crippen LogP contribution in [0.5, 0.6) is 0 Å². The fourth-order valence-corrected chi connectivity index (χ4v) is 3.18. The second kappa shape index (κ2) is 7.21. The Hall–Kier alpha value is -0.900. The predicted octanol–water partition coefficient (Wildman–Crippen LogP) is 4.28. The predicted molar refractivity (Wildman–Crippen MR) is 84.7 cm³/mol. The number of rotatable bonds is 5. The first-order valence-electron chi connectivity index (χ1n) is 7.51. The topological polar surface area (TPSA) is 33.2 Å². The number of amides is 1. The highest BCUT2D eigenvalue weighted by Crippen LogP contribution is 2.27. The van der Waals surface area contributed by atoms with Crippen molar-refractivity contribution >= 4 is 21.8 Å². The number of carbonyl (C=O) groups is 1. The fraction of sp³-hybridized carbons (Fsp3) is 0.625. The van der Waals surface area contributed by atoms with Gasteiger partial charge in [0.1, 0.15) is 4.60 Å². The van der Waals surface area contributed by atoms with E-state index in [1.165, 1.54) is 12.8 Å². The smallest absolute Gasteiger partial charge is 0.256 e. The minimum Gasteiger partial charge on any atom is -0.336 e. The number of hydrogen-bond acceptors (Lipinski definition) is 2. The molecule has 1 aliphatic rings. The highest BCUT2D eigenvalue weighted by atomic mass is 79.9. The molecule has 0 aromatic carbocycles. The first-order chi connectivity index (χ1) is 9.59. The zero-order valence-corrected chi connectivity index (χ0v) is 13.9. The van der Waals surface area contributed by atoms with Crippen molar-refractivity contribution < 1.29 is 4.79 Å². The first-order valence-corrected chi connectivity index (χ1v) is 8.30. The van der Waals surface area contributed by atoms with Gasteiger partial charge in [-0.2, -0.15) is 0 Å². The van der Waals surface area contributed by atoms with Crippen molar-refractivity contribution in [3.63, 3.8) is 0 Å². The molecule has 4 heteroatoms. The van der Waals surface area contributed by atoms with Crippen LogP contribution in [-0.4, -0.2) is 28.4 Å². The maximum Gasteiger partial charge on any atom is 0.256 e. The molecular formula is C16H23BrN2O. The third kappa shape index (κ3) is 3.81. The lowest BCUT2D eigenvalue weighted by atomic mass is 10.1. The molecule has 0 N–H and O–H groups in total. The van der Waals surface area contributed by atoms with Crippen LogP contribution in [0.1, 0.15) is 56.3 Å². The van der Waals surface area contributed by atoms with Crippen LogP contribution in [-0.2, 0) is 0 Å². The molecule has 1 heterocycles. The Labute approximate surface area is 129 Å². The van der Waals surface area contributed by atoms with Gasteiger partial charge >= 0.3 is 0 Å². The highest BCUT2D eigenvalue weighted by molar-refractivity contribution is 9.10. The van der Waals surface area contributed by atoms with Gasteiger partial charge in [0.15, 0.2) is 0 Å². The highest BCUT2D eigenvalue weighted by Gasteiger charge is 2.28. The molecule has 110 valence electrons. The van der Waals surface area contributed by atoms with Gasteiger partial charge in [0.2, 0.25) is 0 Å². The molecule has 1 aliphatic carbocycles. The van der Waals surface area contributed by atoms with Crippen LogP contribution in [0.15, 0.2) is 22.9 Å². The van der Waals surface area contributed by atoms with Gasteiger partial charge in [0.05, 0.1) is 5.56 Å². The van der Waals surface area contributed by atoms with E-state index in [0.29, 0.717) is 22.1 Å². The lowest BCUT2D eigenvalue weighted by Gasteiger charge is -2.30. The van der Waals surface area contributed by atoms with Gasteiger partial charge < -0.3 is 4.90 Å². The van der Waals surface area contributed by atoms with Gasteiger partial charge in [-0.3, -0.25) is 4.79 Å². The van der Waals surface area contributed by atoms with Crippen molar-refractivity contribution in [3.8, 4) is 0 Å². The quantitative estimate of drug-likeness (QED) is 0.751. The molecule has 1 amide bonds. The molecule has 20 heavy (non-hydrogen) atoms. The minimum absolute atomic E-state index is 0.123. The van der Waals surface area contributed by atoms with Crippen molar-refractivity contribution in [3.05, 3.63) is 28.5 Å². The molecule has 2 rings (SSSR count). The Morgan fingerprint density at radius 2 is 2.15 bits per heavy atom. The van der Waals surface area contributed by atoms with Gasteiger partial charge in [-0.25, -0.2) is 4.98 Å². The summed E-state index contributed by atoms with van der Waals surface area (Å²) >= 11 is 3.40. The molecule has 0 saturated heterocycles. The summed E-state index contributed by atoms with van der Waals surface area (Å²) in [5.74, 6) is 0.738. The van der Waals surface area contributed by atoms with E-state index in [9.17, 15) is 4.79 Å². The number of halogens is 1. The number of hydrogen-bond donors (Lipinski definition) is 0. The SMILES string of the molecule is CC(C)CCN(C(=O)c1cccnc1Br)C1CCCC1. The van der Waals surface area contributed by atoms with Crippen LogP contribution in [0.25, 0.3) is 0 Å². The monoisotopic (exact) mass is 338 g/mol. The Balaban J connectivity index is 2.16. The lowest BCUT2D eigenvalue weighted by Crippen LogP contribution is -2.40. The van der Waals surface area contributed by atoms with Crippen LogP contribution < -0.4 is 0 Å². The summed E-state index contributed by atoms with van der Waals surface area (Å²) in [6, 6.07) is 4.10. The van der Waals surface area contributed by atoms with E-state index in [4.69, 9.17) is 0 Å². The van der Waals surface area contributed by atoms with Gasteiger partial charge in [0, 0.05) is 18.8 Å². The lowest BCUT2D eigenvalue weighted by molar-refractivity contribution is 0.0670. The average Bonchev–Trinajstić information content (AvgIpc) is 2.93. The van der Waals surface area contributed by atoms with Crippen LogP contribution in [0.2, 0.25) is 0 Å². The number of carbonyl (C=O) groups excluding carboxylic acids is 1. The summed E-state index contributed by atoms with van der Waals surface area (Å²) in [6.07, 6.45) is 7.52. The van der Waals surface area contributed by atoms with E-state index in [-0.39, 0.29) is 5.91 Å². The molecule has 3 nitrogen and oxygen atoms in total. The molecule has 1 aromatic heterocycles. The van der Waals surface area contributed by atoms with E-state index in [1.807, 2.05) is 12.1 Å². The second-order valence-electron chi connectivity index (χ2n) is 5.96. The number of aromatic nitrogens is 1. The fourth-order valence-electron chi connectivity index (χ4n) is 2.76.